The number of allylic oxidation sites excluding steroid dienone is 2. The lowest BCUT2D eigenvalue weighted by Crippen LogP contribution is -2.36. The number of aryl methyl sites for hydroxylation is 1. The minimum atomic E-state index is -0.961. The number of carboxylic acid groups (broad SMARTS) is 1. The van der Waals surface area contributed by atoms with Crippen molar-refractivity contribution in [2.75, 3.05) is 5.32 Å². The molecular formula is C16H16FNO3. The van der Waals surface area contributed by atoms with Crippen molar-refractivity contribution in [1.29, 1.82) is 0 Å². The number of hydrogen-bond acceptors (Lipinski definition) is 2. The zero-order valence-corrected chi connectivity index (χ0v) is 11.5. The number of carbonyl (C=O) groups excluding carboxylic acids is 1. The van der Waals surface area contributed by atoms with Crippen LogP contribution in [0.25, 0.3) is 0 Å². The SMILES string of the molecule is Cc1ccc(F)c(NC(=O)[C@H]2[C@H](C(=O)O)[C@H]3C=C[C@H]2C3)c1. The van der Waals surface area contributed by atoms with Crippen molar-refractivity contribution >= 4 is 17.6 Å². The van der Waals surface area contributed by atoms with E-state index in [0.29, 0.717) is 6.42 Å². The minimum absolute atomic E-state index is 0.0658. The second-order valence-electron chi connectivity index (χ2n) is 5.81. The zero-order chi connectivity index (χ0) is 15.1. The molecule has 2 aliphatic carbocycles. The molecule has 4 nitrogen and oxygen atoms in total. The van der Waals surface area contributed by atoms with E-state index in [9.17, 15) is 19.1 Å². The minimum Gasteiger partial charge on any atom is -0.481 e. The summed E-state index contributed by atoms with van der Waals surface area (Å²) in [4.78, 5) is 23.8. The Balaban J connectivity index is 1.83. The largest absolute Gasteiger partial charge is 0.481 e. The van der Waals surface area contributed by atoms with Gasteiger partial charge in [0.2, 0.25) is 5.91 Å². The molecule has 0 aromatic heterocycles. The third-order valence-corrected chi connectivity index (χ3v) is 4.43. The van der Waals surface area contributed by atoms with Gasteiger partial charge in [-0.3, -0.25) is 9.59 Å². The van der Waals surface area contributed by atoms with Gasteiger partial charge in [-0.05, 0) is 42.9 Å². The van der Waals surface area contributed by atoms with E-state index in [-0.39, 0.29) is 17.5 Å². The quantitative estimate of drug-likeness (QED) is 0.841. The molecular weight excluding hydrogens is 273 g/mol. The molecule has 5 heteroatoms. The van der Waals surface area contributed by atoms with Crippen LogP contribution in [0.2, 0.25) is 0 Å². The molecule has 0 heterocycles. The number of amides is 1. The predicted molar refractivity (Wildman–Crippen MR) is 75.1 cm³/mol. The summed E-state index contributed by atoms with van der Waals surface area (Å²) in [6, 6.07) is 4.46. The number of fused-ring (bicyclic) bond motifs is 2. The Kier molecular flexibility index (Phi) is 3.27. The van der Waals surface area contributed by atoms with Gasteiger partial charge in [0.25, 0.3) is 0 Å². The van der Waals surface area contributed by atoms with E-state index >= 15 is 0 Å². The van der Waals surface area contributed by atoms with Crippen molar-refractivity contribution in [3.8, 4) is 0 Å². The smallest absolute Gasteiger partial charge is 0.307 e. The zero-order valence-electron chi connectivity index (χ0n) is 11.5. The van der Waals surface area contributed by atoms with E-state index in [1.54, 1.807) is 19.1 Å². The lowest BCUT2D eigenvalue weighted by atomic mass is 9.82. The van der Waals surface area contributed by atoms with Gasteiger partial charge in [-0.1, -0.05) is 18.2 Å². The molecule has 1 amide bonds. The number of aliphatic carboxylic acids is 1. The van der Waals surface area contributed by atoms with Crippen molar-refractivity contribution in [3.63, 3.8) is 0 Å². The second-order valence-corrected chi connectivity index (χ2v) is 5.81. The first-order valence-corrected chi connectivity index (χ1v) is 6.95. The third kappa shape index (κ3) is 2.33. The summed E-state index contributed by atoms with van der Waals surface area (Å²) in [5.74, 6) is -3.39. The highest BCUT2D eigenvalue weighted by molar-refractivity contribution is 5.96. The first-order chi connectivity index (χ1) is 9.97. The molecule has 1 fully saturated rings. The highest BCUT2D eigenvalue weighted by Crippen LogP contribution is 2.48. The van der Waals surface area contributed by atoms with E-state index < -0.39 is 29.5 Å². The summed E-state index contributed by atoms with van der Waals surface area (Å²) in [6.07, 6.45) is 4.47. The normalized spacial score (nSPS) is 29.6. The Labute approximate surface area is 121 Å². The number of halogens is 1. The van der Waals surface area contributed by atoms with Gasteiger partial charge in [0.15, 0.2) is 0 Å². The van der Waals surface area contributed by atoms with Gasteiger partial charge in [-0.2, -0.15) is 0 Å². The summed E-state index contributed by atoms with van der Waals surface area (Å²) in [5, 5.41) is 11.9. The standard InChI is InChI=1S/C16H16FNO3/c1-8-2-5-11(17)12(6-8)18-15(19)13-9-3-4-10(7-9)14(13)16(20)21/h2-6,9-10,13-14H,7H2,1H3,(H,18,19)(H,20,21)/t9-,10-,13+,14+/m0/s1. The van der Waals surface area contributed by atoms with Crippen molar-refractivity contribution in [2.24, 2.45) is 23.7 Å². The van der Waals surface area contributed by atoms with Gasteiger partial charge in [-0.25, -0.2) is 4.39 Å². The molecule has 21 heavy (non-hydrogen) atoms. The predicted octanol–water partition coefficient (Wildman–Crippen LogP) is 2.60. The molecule has 4 atom stereocenters. The lowest BCUT2D eigenvalue weighted by molar-refractivity contribution is -0.146. The van der Waals surface area contributed by atoms with Crippen LogP contribution in [-0.4, -0.2) is 17.0 Å². The molecule has 0 aliphatic heterocycles. The molecule has 1 saturated carbocycles. The molecule has 2 bridgehead atoms. The van der Waals surface area contributed by atoms with Crippen molar-refractivity contribution in [2.45, 2.75) is 13.3 Å². The Morgan fingerprint density at radius 3 is 2.57 bits per heavy atom. The first kappa shape index (κ1) is 13.8. The fraction of sp³-hybridized carbons (Fsp3) is 0.375. The van der Waals surface area contributed by atoms with Gasteiger partial charge in [0.05, 0.1) is 17.5 Å². The second kappa shape index (κ2) is 4.98. The number of carbonyl (C=O) groups is 2. The average molecular weight is 289 g/mol. The van der Waals surface area contributed by atoms with Crippen molar-refractivity contribution < 1.29 is 19.1 Å². The first-order valence-electron chi connectivity index (χ1n) is 6.95. The Bertz CT molecular complexity index is 640. The van der Waals surface area contributed by atoms with Crippen molar-refractivity contribution in [1.82, 2.24) is 0 Å². The molecule has 1 aromatic carbocycles. The van der Waals surface area contributed by atoms with Crippen LogP contribution < -0.4 is 5.32 Å². The van der Waals surface area contributed by atoms with E-state index in [4.69, 9.17) is 0 Å². The molecule has 110 valence electrons. The monoisotopic (exact) mass is 289 g/mol. The number of benzene rings is 1. The van der Waals surface area contributed by atoms with E-state index in [2.05, 4.69) is 5.32 Å². The van der Waals surface area contributed by atoms with E-state index in [1.165, 1.54) is 6.07 Å². The van der Waals surface area contributed by atoms with Crippen molar-refractivity contribution in [3.05, 3.63) is 41.7 Å². The molecule has 0 saturated heterocycles. The highest BCUT2D eigenvalue weighted by atomic mass is 19.1. The number of hydrogen-bond donors (Lipinski definition) is 2. The fourth-order valence-electron chi connectivity index (χ4n) is 3.47. The topological polar surface area (TPSA) is 66.4 Å². The fourth-order valence-corrected chi connectivity index (χ4v) is 3.47. The van der Waals surface area contributed by atoms with Crippen LogP contribution >= 0.6 is 0 Å². The van der Waals surface area contributed by atoms with Gasteiger partial charge in [0.1, 0.15) is 5.82 Å². The maximum atomic E-state index is 13.7. The van der Waals surface area contributed by atoms with Crippen LogP contribution in [0, 0.1) is 36.4 Å². The van der Waals surface area contributed by atoms with Gasteiger partial charge in [-0.15, -0.1) is 0 Å². The molecule has 3 rings (SSSR count). The summed E-state index contributed by atoms with van der Waals surface area (Å²) < 4.78 is 13.7. The summed E-state index contributed by atoms with van der Waals surface area (Å²) in [6.45, 7) is 1.80. The lowest BCUT2D eigenvalue weighted by Gasteiger charge is -2.24. The Morgan fingerprint density at radius 1 is 1.24 bits per heavy atom. The van der Waals surface area contributed by atoms with E-state index in [1.807, 2.05) is 12.2 Å². The molecule has 2 N–H and O–H groups in total. The number of rotatable bonds is 3. The maximum absolute atomic E-state index is 13.7. The summed E-state index contributed by atoms with van der Waals surface area (Å²) in [7, 11) is 0. The van der Waals surface area contributed by atoms with Crippen LogP contribution in [-0.2, 0) is 9.59 Å². The third-order valence-electron chi connectivity index (χ3n) is 4.43. The maximum Gasteiger partial charge on any atom is 0.307 e. The summed E-state index contributed by atoms with van der Waals surface area (Å²) in [5.41, 5.74) is 0.935. The van der Waals surface area contributed by atoms with E-state index in [0.717, 1.165) is 5.56 Å². The van der Waals surface area contributed by atoms with Gasteiger partial charge >= 0.3 is 5.97 Å². The average Bonchev–Trinajstić information content (AvgIpc) is 3.03. The van der Waals surface area contributed by atoms with Crippen LogP contribution in [0.4, 0.5) is 10.1 Å². The van der Waals surface area contributed by atoms with Crippen LogP contribution in [0.3, 0.4) is 0 Å². The summed E-state index contributed by atoms with van der Waals surface area (Å²) >= 11 is 0. The number of nitrogens with one attached hydrogen (secondary N) is 1. The van der Waals surface area contributed by atoms with Crippen LogP contribution in [0.5, 0.6) is 0 Å². The number of anilines is 1. The molecule has 0 spiro atoms. The highest BCUT2D eigenvalue weighted by Gasteiger charge is 2.51. The van der Waals surface area contributed by atoms with Crippen LogP contribution in [0.1, 0.15) is 12.0 Å². The molecule has 2 aliphatic rings. The number of carboxylic acids is 1. The Morgan fingerprint density at radius 2 is 1.90 bits per heavy atom. The van der Waals surface area contributed by atoms with Crippen LogP contribution in [0.15, 0.2) is 30.4 Å². The van der Waals surface area contributed by atoms with Gasteiger partial charge < -0.3 is 10.4 Å². The molecule has 0 unspecified atom stereocenters. The van der Waals surface area contributed by atoms with Gasteiger partial charge in [0, 0.05) is 0 Å². The molecule has 0 radical (unpaired) electrons. The Hall–Kier alpha value is -2.17. The molecule has 1 aromatic rings.